The summed E-state index contributed by atoms with van der Waals surface area (Å²) in [5.74, 6) is -0.691. The molecule has 14 heavy (non-hydrogen) atoms. The van der Waals surface area contributed by atoms with Crippen LogP contribution in [0.3, 0.4) is 0 Å². The van der Waals surface area contributed by atoms with Crippen molar-refractivity contribution in [3.63, 3.8) is 0 Å². The molecule has 0 aliphatic heterocycles. The van der Waals surface area contributed by atoms with Crippen LogP contribution in [0, 0.1) is 5.82 Å². The quantitative estimate of drug-likeness (QED) is 0.469. The van der Waals surface area contributed by atoms with Crippen molar-refractivity contribution in [3.05, 3.63) is 23.3 Å². The van der Waals surface area contributed by atoms with E-state index in [1.807, 2.05) is 0 Å². The lowest BCUT2D eigenvalue weighted by molar-refractivity contribution is 0.423. The van der Waals surface area contributed by atoms with Crippen LogP contribution in [0.1, 0.15) is 0 Å². The van der Waals surface area contributed by atoms with Gasteiger partial charge in [-0.25, -0.2) is 4.39 Å². The Kier molecular flexibility index (Phi) is 2.18. The van der Waals surface area contributed by atoms with Gasteiger partial charge in [-0.1, -0.05) is 0 Å². The molecule has 0 spiro atoms. The Labute approximate surface area is 83.7 Å². The maximum atomic E-state index is 13.3. The number of hydrogen-bond acceptors (Lipinski definition) is 4. The maximum Gasteiger partial charge on any atom is 0.493 e. The SMILES string of the molecule is Nc1c(B(O)O)c(F)cc2ccsc12. The Bertz CT molecular complexity index is 485. The summed E-state index contributed by atoms with van der Waals surface area (Å²) in [6.07, 6.45) is 0. The second kappa shape index (κ2) is 3.23. The number of nitrogen functional groups attached to an aromatic ring is 1. The summed E-state index contributed by atoms with van der Waals surface area (Å²) >= 11 is 1.34. The fourth-order valence-corrected chi connectivity index (χ4v) is 2.23. The third-order valence-electron chi connectivity index (χ3n) is 2.03. The minimum absolute atomic E-state index is 0.102. The number of anilines is 1. The van der Waals surface area contributed by atoms with Gasteiger partial charge < -0.3 is 15.8 Å². The lowest BCUT2D eigenvalue weighted by Crippen LogP contribution is -2.35. The summed E-state index contributed by atoms with van der Waals surface area (Å²) in [7, 11) is -1.87. The molecule has 1 aromatic heterocycles. The van der Waals surface area contributed by atoms with Gasteiger partial charge in [0.2, 0.25) is 0 Å². The van der Waals surface area contributed by atoms with Gasteiger partial charge in [-0.3, -0.25) is 0 Å². The third-order valence-corrected chi connectivity index (χ3v) is 2.99. The molecule has 2 aromatic rings. The Morgan fingerprint density at radius 3 is 2.79 bits per heavy atom. The molecule has 0 radical (unpaired) electrons. The lowest BCUT2D eigenvalue weighted by Gasteiger charge is -2.06. The minimum Gasteiger partial charge on any atom is -0.423 e. The summed E-state index contributed by atoms with van der Waals surface area (Å²) in [4.78, 5) is 0. The highest BCUT2D eigenvalue weighted by Crippen LogP contribution is 2.26. The first kappa shape index (κ1) is 9.45. The molecule has 0 atom stereocenters. The Morgan fingerprint density at radius 1 is 1.43 bits per heavy atom. The van der Waals surface area contributed by atoms with Crippen molar-refractivity contribution in [1.82, 2.24) is 0 Å². The Hall–Kier alpha value is -1.11. The van der Waals surface area contributed by atoms with Crippen LogP contribution in [0.25, 0.3) is 10.1 Å². The highest BCUT2D eigenvalue weighted by molar-refractivity contribution is 7.18. The molecule has 0 saturated heterocycles. The molecular weight excluding hydrogens is 204 g/mol. The van der Waals surface area contributed by atoms with E-state index in [9.17, 15) is 4.39 Å². The van der Waals surface area contributed by atoms with Crippen molar-refractivity contribution in [2.75, 3.05) is 5.73 Å². The smallest absolute Gasteiger partial charge is 0.423 e. The largest absolute Gasteiger partial charge is 0.493 e. The van der Waals surface area contributed by atoms with Crippen molar-refractivity contribution in [2.45, 2.75) is 0 Å². The summed E-state index contributed by atoms with van der Waals surface area (Å²) in [6.45, 7) is 0. The second-order valence-electron chi connectivity index (χ2n) is 2.90. The first-order valence-corrected chi connectivity index (χ1v) is 4.80. The summed E-state index contributed by atoms with van der Waals surface area (Å²) in [6, 6.07) is 2.98. The number of fused-ring (bicyclic) bond motifs is 1. The average Bonchev–Trinajstić information content (AvgIpc) is 2.50. The zero-order valence-electron chi connectivity index (χ0n) is 7.07. The number of benzene rings is 1. The molecule has 0 bridgehead atoms. The van der Waals surface area contributed by atoms with Crippen molar-refractivity contribution in [1.29, 1.82) is 0 Å². The molecule has 6 heteroatoms. The zero-order chi connectivity index (χ0) is 10.3. The van der Waals surface area contributed by atoms with Crippen LogP contribution in [0.15, 0.2) is 17.5 Å². The van der Waals surface area contributed by atoms with Crippen LogP contribution in [0.2, 0.25) is 0 Å². The van der Waals surface area contributed by atoms with Gasteiger partial charge in [0.15, 0.2) is 0 Å². The number of halogens is 1. The summed E-state index contributed by atoms with van der Waals surface area (Å²) < 4.78 is 14.0. The van der Waals surface area contributed by atoms with Gasteiger partial charge in [0.05, 0.1) is 10.4 Å². The first-order valence-electron chi connectivity index (χ1n) is 3.92. The van der Waals surface area contributed by atoms with E-state index in [1.165, 1.54) is 17.4 Å². The molecular formula is C8H7BFNO2S. The van der Waals surface area contributed by atoms with E-state index in [-0.39, 0.29) is 11.2 Å². The molecule has 1 heterocycles. The summed E-state index contributed by atoms with van der Waals surface area (Å²) in [5.41, 5.74) is 5.47. The van der Waals surface area contributed by atoms with E-state index >= 15 is 0 Å². The molecule has 3 nitrogen and oxygen atoms in total. The number of hydrogen-bond donors (Lipinski definition) is 3. The number of thiophene rings is 1. The molecule has 0 fully saturated rings. The monoisotopic (exact) mass is 211 g/mol. The molecule has 1 aromatic carbocycles. The molecule has 0 aliphatic rings. The normalized spacial score (nSPS) is 10.8. The van der Waals surface area contributed by atoms with Crippen molar-refractivity contribution >= 4 is 39.7 Å². The molecule has 4 N–H and O–H groups in total. The van der Waals surface area contributed by atoms with E-state index < -0.39 is 12.9 Å². The fraction of sp³-hybridized carbons (Fsp3) is 0. The molecule has 2 rings (SSSR count). The first-order chi connectivity index (χ1) is 6.61. The van der Waals surface area contributed by atoms with Crippen LogP contribution in [-0.4, -0.2) is 17.2 Å². The summed E-state index contributed by atoms with van der Waals surface area (Å²) in [5, 5.41) is 20.3. The lowest BCUT2D eigenvalue weighted by atomic mass is 9.78. The number of nitrogens with two attached hydrogens (primary N) is 1. The van der Waals surface area contributed by atoms with E-state index in [4.69, 9.17) is 15.8 Å². The predicted octanol–water partition coefficient (Wildman–Crippen LogP) is 0.302. The van der Waals surface area contributed by atoms with Crippen LogP contribution >= 0.6 is 11.3 Å². The average molecular weight is 211 g/mol. The topological polar surface area (TPSA) is 66.5 Å². The van der Waals surface area contributed by atoms with Crippen LogP contribution in [-0.2, 0) is 0 Å². The standard InChI is InChI=1S/C8H7BFNO2S/c10-5-3-4-1-2-14-8(4)7(11)6(5)9(12)13/h1-3,12-13H,11H2. The molecule has 0 aliphatic carbocycles. The van der Waals surface area contributed by atoms with Gasteiger partial charge in [0, 0.05) is 5.46 Å². The molecule has 0 unspecified atom stereocenters. The van der Waals surface area contributed by atoms with Crippen molar-refractivity contribution < 1.29 is 14.4 Å². The van der Waals surface area contributed by atoms with Crippen molar-refractivity contribution in [2.24, 2.45) is 0 Å². The Balaban J connectivity index is 2.82. The minimum atomic E-state index is -1.87. The van der Waals surface area contributed by atoms with E-state index in [0.29, 0.717) is 10.1 Å². The van der Waals surface area contributed by atoms with Crippen LogP contribution in [0.4, 0.5) is 10.1 Å². The molecule has 0 amide bonds. The van der Waals surface area contributed by atoms with Crippen molar-refractivity contribution in [3.8, 4) is 0 Å². The third kappa shape index (κ3) is 1.28. The second-order valence-corrected chi connectivity index (χ2v) is 3.81. The van der Waals surface area contributed by atoms with Gasteiger partial charge in [-0.15, -0.1) is 11.3 Å². The van der Waals surface area contributed by atoms with Gasteiger partial charge in [0.1, 0.15) is 5.82 Å². The van der Waals surface area contributed by atoms with Gasteiger partial charge in [0.25, 0.3) is 0 Å². The molecule has 0 saturated carbocycles. The van der Waals surface area contributed by atoms with E-state index in [0.717, 1.165) is 0 Å². The van der Waals surface area contributed by atoms with Crippen LogP contribution in [0.5, 0.6) is 0 Å². The van der Waals surface area contributed by atoms with E-state index in [1.54, 1.807) is 11.4 Å². The van der Waals surface area contributed by atoms with Gasteiger partial charge >= 0.3 is 7.12 Å². The highest BCUT2D eigenvalue weighted by Gasteiger charge is 2.22. The van der Waals surface area contributed by atoms with E-state index in [2.05, 4.69) is 0 Å². The number of rotatable bonds is 1. The van der Waals surface area contributed by atoms with Crippen LogP contribution < -0.4 is 11.2 Å². The molecule has 72 valence electrons. The maximum absolute atomic E-state index is 13.3. The van der Waals surface area contributed by atoms with Gasteiger partial charge in [-0.05, 0) is 22.9 Å². The highest BCUT2D eigenvalue weighted by atomic mass is 32.1. The zero-order valence-corrected chi connectivity index (χ0v) is 7.88. The predicted molar refractivity (Wildman–Crippen MR) is 56.0 cm³/mol. The Morgan fingerprint density at radius 2 is 2.14 bits per heavy atom. The van der Waals surface area contributed by atoms with Gasteiger partial charge in [-0.2, -0.15) is 0 Å². The fourth-order valence-electron chi connectivity index (χ4n) is 1.38.